The van der Waals surface area contributed by atoms with Gasteiger partial charge in [0.05, 0.1) is 18.9 Å². The highest BCUT2D eigenvalue weighted by atomic mass is 19.1. The normalized spacial score (nSPS) is 15.5. The van der Waals surface area contributed by atoms with Gasteiger partial charge in [-0.1, -0.05) is 18.2 Å². The molecule has 2 aromatic heterocycles. The highest BCUT2D eigenvalue weighted by Crippen LogP contribution is 2.33. The first-order valence-corrected chi connectivity index (χ1v) is 11.1. The van der Waals surface area contributed by atoms with Crippen LogP contribution in [0.25, 0.3) is 11.0 Å². The van der Waals surface area contributed by atoms with E-state index in [1.54, 1.807) is 47.6 Å². The lowest BCUT2D eigenvalue weighted by molar-refractivity contribution is 0.0471. The first kappa shape index (κ1) is 21.9. The van der Waals surface area contributed by atoms with Crippen LogP contribution in [-0.4, -0.2) is 36.0 Å². The van der Waals surface area contributed by atoms with E-state index in [0.717, 1.165) is 18.9 Å². The third-order valence-corrected chi connectivity index (χ3v) is 5.78. The van der Waals surface area contributed by atoms with Crippen LogP contribution in [-0.2, 0) is 11.3 Å². The lowest BCUT2D eigenvalue weighted by Crippen LogP contribution is -2.37. The molecule has 0 aliphatic carbocycles. The van der Waals surface area contributed by atoms with Crippen LogP contribution in [0, 0.1) is 5.82 Å². The minimum atomic E-state index is -0.545. The van der Waals surface area contributed by atoms with Crippen molar-refractivity contribution >= 4 is 28.5 Å². The number of fused-ring (bicyclic) bond motifs is 1. The highest BCUT2D eigenvalue weighted by Gasteiger charge is 2.30. The minimum absolute atomic E-state index is 0.00416. The number of nitrogens with one attached hydrogen (secondary N) is 1. The third-order valence-electron chi connectivity index (χ3n) is 5.78. The smallest absolute Gasteiger partial charge is 0.292 e. The quantitative estimate of drug-likeness (QED) is 0.406. The molecular weight excluding hydrogens is 439 g/mol. The van der Waals surface area contributed by atoms with Crippen LogP contribution in [0.1, 0.15) is 39.5 Å². The number of hydrogen-bond acceptors (Lipinski definition) is 5. The molecule has 0 unspecified atom stereocenters. The Morgan fingerprint density at radius 1 is 1.09 bits per heavy atom. The van der Waals surface area contributed by atoms with Crippen molar-refractivity contribution in [2.24, 2.45) is 0 Å². The Labute approximate surface area is 195 Å². The van der Waals surface area contributed by atoms with Crippen molar-refractivity contribution in [1.82, 2.24) is 4.90 Å². The van der Waals surface area contributed by atoms with Gasteiger partial charge in [-0.2, -0.15) is 0 Å². The van der Waals surface area contributed by atoms with E-state index >= 15 is 0 Å². The molecule has 8 heteroatoms. The van der Waals surface area contributed by atoms with Crippen LogP contribution in [0.15, 0.2) is 75.8 Å². The molecule has 1 atom stereocenters. The molecule has 1 aliphatic rings. The second kappa shape index (κ2) is 9.52. The molecule has 1 saturated heterocycles. The molecular formula is C26H23FN2O5. The number of carbonyl (C=O) groups is 2. The van der Waals surface area contributed by atoms with Gasteiger partial charge in [0.15, 0.2) is 0 Å². The number of amides is 2. The van der Waals surface area contributed by atoms with Gasteiger partial charge in [0.2, 0.25) is 5.76 Å². The van der Waals surface area contributed by atoms with Crippen LogP contribution < -0.4 is 5.32 Å². The van der Waals surface area contributed by atoms with Crippen molar-refractivity contribution in [1.29, 1.82) is 0 Å². The Balaban J connectivity index is 1.50. The molecule has 174 valence electrons. The lowest BCUT2D eigenvalue weighted by atomic mass is 10.1. The summed E-state index contributed by atoms with van der Waals surface area (Å²) in [6.45, 7) is 1.24. The van der Waals surface area contributed by atoms with Gasteiger partial charge in [0.1, 0.15) is 22.8 Å². The zero-order valence-electron chi connectivity index (χ0n) is 18.3. The summed E-state index contributed by atoms with van der Waals surface area (Å²) in [6, 6.07) is 16.0. The number of ether oxygens (including phenoxy) is 1. The molecule has 0 radical (unpaired) electrons. The molecule has 2 amide bonds. The number of benzene rings is 2. The zero-order valence-corrected chi connectivity index (χ0v) is 18.3. The fourth-order valence-electron chi connectivity index (χ4n) is 4.12. The molecule has 7 nitrogen and oxygen atoms in total. The van der Waals surface area contributed by atoms with Crippen molar-refractivity contribution in [2.75, 3.05) is 18.5 Å². The van der Waals surface area contributed by atoms with Crippen LogP contribution in [0.5, 0.6) is 0 Å². The first-order valence-electron chi connectivity index (χ1n) is 11.1. The largest absolute Gasteiger partial charge is 0.467 e. The van der Waals surface area contributed by atoms with Crippen LogP contribution >= 0.6 is 0 Å². The second-order valence-electron chi connectivity index (χ2n) is 8.17. The molecule has 34 heavy (non-hydrogen) atoms. The summed E-state index contributed by atoms with van der Waals surface area (Å²) in [6.07, 6.45) is 3.25. The maximum absolute atomic E-state index is 13.7. The zero-order chi connectivity index (χ0) is 23.5. The average molecular weight is 462 g/mol. The van der Waals surface area contributed by atoms with Gasteiger partial charge in [-0.25, -0.2) is 4.39 Å². The third kappa shape index (κ3) is 4.58. The topological polar surface area (TPSA) is 84.9 Å². The number of nitrogens with zero attached hydrogens (tertiary/aromatic N) is 1. The van der Waals surface area contributed by atoms with Crippen LogP contribution in [0.2, 0.25) is 0 Å². The fraction of sp³-hybridized carbons (Fsp3) is 0.231. The predicted molar refractivity (Wildman–Crippen MR) is 123 cm³/mol. The number of carbonyl (C=O) groups excluding carboxylic acids is 2. The maximum Gasteiger partial charge on any atom is 0.292 e. The van der Waals surface area contributed by atoms with Crippen molar-refractivity contribution in [3.05, 3.63) is 89.8 Å². The van der Waals surface area contributed by atoms with Gasteiger partial charge in [0.25, 0.3) is 11.8 Å². The summed E-state index contributed by atoms with van der Waals surface area (Å²) < 4.78 is 30.8. The Kier molecular flexibility index (Phi) is 6.14. The number of para-hydroxylation sites is 1. The summed E-state index contributed by atoms with van der Waals surface area (Å²) in [7, 11) is 0. The summed E-state index contributed by atoms with van der Waals surface area (Å²) in [5.41, 5.74) is 0.831. The highest BCUT2D eigenvalue weighted by molar-refractivity contribution is 6.14. The van der Waals surface area contributed by atoms with Gasteiger partial charge < -0.3 is 23.8 Å². The van der Waals surface area contributed by atoms with E-state index in [1.165, 1.54) is 18.2 Å². The van der Waals surface area contributed by atoms with E-state index in [9.17, 15) is 14.0 Å². The molecule has 1 aliphatic heterocycles. The molecule has 1 N–H and O–H groups in total. The summed E-state index contributed by atoms with van der Waals surface area (Å²) >= 11 is 0. The first-order chi connectivity index (χ1) is 16.6. The van der Waals surface area contributed by atoms with Crippen molar-refractivity contribution in [2.45, 2.75) is 25.5 Å². The van der Waals surface area contributed by atoms with E-state index in [2.05, 4.69) is 5.32 Å². The standard InChI is InChI=1S/C26H23FN2O5/c27-18-7-3-6-17(14-18)25(30)28-23-21-10-1-2-11-22(21)34-24(23)26(31)29(15-19-8-4-12-32-19)16-20-9-5-13-33-20/h1-4,6-8,10-12,14,20H,5,9,13,15-16H2,(H,28,30)/t20-/m0/s1. The number of halogens is 1. The Hall–Kier alpha value is -3.91. The minimum Gasteiger partial charge on any atom is -0.467 e. The van der Waals surface area contributed by atoms with Crippen molar-refractivity contribution in [3.63, 3.8) is 0 Å². The molecule has 0 saturated carbocycles. The second-order valence-corrected chi connectivity index (χ2v) is 8.17. The molecule has 5 rings (SSSR count). The summed E-state index contributed by atoms with van der Waals surface area (Å²) in [5.74, 6) is -0.861. The Morgan fingerprint density at radius 2 is 1.97 bits per heavy atom. The van der Waals surface area contributed by atoms with E-state index in [4.69, 9.17) is 13.6 Å². The molecule has 0 spiro atoms. The van der Waals surface area contributed by atoms with Crippen molar-refractivity contribution < 1.29 is 27.6 Å². The number of rotatable bonds is 7. The van der Waals surface area contributed by atoms with E-state index in [-0.39, 0.29) is 29.7 Å². The van der Waals surface area contributed by atoms with Gasteiger partial charge in [0, 0.05) is 24.1 Å². The molecule has 1 fully saturated rings. The van der Waals surface area contributed by atoms with Gasteiger partial charge in [-0.05, 0) is 55.3 Å². The van der Waals surface area contributed by atoms with Gasteiger partial charge in [-0.3, -0.25) is 9.59 Å². The number of hydrogen-bond donors (Lipinski definition) is 1. The average Bonchev–Trinajstić information content (AvgIpc) is 3.60. The predicted octanol–water partition coefficient (Wildman–Crippen LogP) is 5.24. The molecule has 0 bridgehead atoms. The fourth-order valence-corrected chi connectivity index (χ4v) is 4.12. The van der Waals surface area contributed by atoms with Crippen molar-refractivity contribution in [3.8, 4) is 0 Å². The lowest BCUT2D eigenvalue weighted by Gasteiger charge is -2.24. The number of furan rings is 2. The molecule has 3 heterocycles. The van der Waals surface area contributed by atoms with E-state index in [0.29, 0.717) is 29.9 Å². The SMILES string of the molecule is O=C(Nc1c(C(=O)N(Cc2ccco2)C[C@@H]2CCCO2)oc2ccccc12)c1cccc(F)c1. The Morgan fingerprint density at radius 3 is 2.74 bits per heavy atom. The van der Waals surface area contributed by atoms with Crippen LogP contribution in [0.4, 0.5) is 10.1 Å². The monoisotopic (exact) mass is 462 g/mol. The summed E-state index contributed by atoms with van der Waals surface area (Å²) in [4.78, 5) is 28.3. The molecule has 2 aromatic carbocycles. The number of anilines is 1. The van der Waals surface area contributed by atoms with Gasteiger partial charge >= 0.3 is 0 Å². The molecule has 4 aromatic rings. The van der Waals surface area contributed by atoms with E-state index < -0.39 is 17.6 Å². The van der Waals surface area contributed by atoms with Crippen LogP contribution in [0.3, 0.4) is 0 Å². The van der Waals surface area contributed by atoms with E-state index in [1.807, 2.05) is 0 Å². The maximum atomic E-state index is 13.7. The van der Waals surface area contributed by atoms with Gasteiger partial charge in [-0.15, -0.1) is 0 Å². The Bertz CT molecular complexity index is 1310. The summed E-state index contributed by atoms with van der Waals surface area (Å²) in [5, 5.41) is 3.34.